The standard InChI is InChI=1S/C32H68P.C5H4N2/c1-5-9-13-17-18-19-20-21-22-23-24-28-32-33(29-25-14-10-6-2,30-26-15-11-7-3)31-27-16-12-8-4;6-5-7-3-1-2-4-7/h5-32H2,1-4H3;1-4H/q+1;. The van der Waals surface area contributed by atoms with E-state index in [2.05, 4.69) is 27.7 Å². The van der Waals surface area contributed by atoms with Gasteiger partial charge in [0.05, 0.1) is 24.6 Å². The van der Waals surface area contributed by atoms with Crippen LogP contribution >= 0.6 is 7.26 Å². The summed E-state index contributed by atoms with van der Waals surface area (Å²) in [6.07, 6.45) is 47.4. The molecule has 0 amide bonds. The zero-order valence-electron chi connectivity index (χ0n) is 28.0. The van der Waals surface area contributed by atoms with Crippen LogP contribution in [0.2, 0.25) is 0 Å². The molecule has 0 saturated heterocycles. The number of hydrogen-bond donors (Lipinski definition) is 0. The van der Waals surface area contributed by atoms with Gasteiger partial charge in [-0.1, -0.05) is 130 Å². The third kappa shape index (κ3) is 25.0. The van der Waals surface area contributed by atoms with E-state index in [4.69, 9.17) is 5.26 Å². The summed E-state index contributed by atoms with van der Waals surface area (Å²) >= 11 is 0. The lowest BCUT2D eigenvalue weighted by Crippen LogP contribution is -2.13. The summed E-state index contributed by atoms with van der Waals surface area (Å²) in [5.74, 6) is 0. The van der Waals surface area contributed by atoms with Gasteiger partial charge in [-0.3, -0.25) is 4.57 Å². The Kier molecular flexibility index (Phi) is 30.5. The molecular formula is C37H72N2P+. The van der Waals surface area contributed by atoms with Crippen molar-refractivity contribution in [1.82, 2.24) is 4.57 Å². The number of nitrogens with zero attached hydrogens (tertiary/aromatic N) is 2. The first-order chi connectivity index (χ1) is 19.7. The summed E-state index contributed by atoms with van der Waals surface area (Å²) in [6.45, 7) is 9.41. The van der Waals surface area contributed by atoms with Crippen LogP contribution in [-0.2, 0) is 0 Å². The van der Waals surface area contributed by atoms with Gasteiger partial charge in [-0.15, -0.1) is 0 Å². The minimum absolute atomic E-state index is 0.697. The molecule has 0 aliphatic heterocycles. The first-order valence-electron chi connectivity index (χ1n) is 18.1. The molecule has 0 unspecified atom stereocenters. The number of nitriles is 1. The maximum absolute atomic E-state index is 8.14. The van der Waals surface area contributed by atoms with Crippen LogP contribution in [0.5, 0.6) is 0 Å². The van der Waals surface area contributed by atoms with Gasteiger partial charge in [0.2, 0.25) is 0 Å². The van der Waals surface area contributed by atoms with Crippen molar-refractivity contribution in [2.24, 2.45) is 0 Å². The predicted molar refractivity (Wildman–Crippen MR) is 185 cm³/mol. The van der Waals surface area contributed by atoms with Crippen LogP contribution in [0.15, 0.2) is 24.5 Å². The van der Waals surface area contributed by atoms with Gasteiger partial charge in [0, 0.05) is 19.7 Å². The van der Waals surface area contributed by atoms with Crippen LogP contribution in [0.1, 0.15) is 182 Å². The van der Waals surface area contributed by atoms with Gasteiger partial charge in [0.25, 0.3) is 0 Å². The highest BCUT2D eigenvalue weighted by Gasteiger charge is 2.34. The van der Waals surface area contributed by atoms with Gasteiger partial charge < -0.3 is 0 Å². The van der Waals surface area contributed by atoms with Crippen molar-refractivity contribution in [2.45, 2.75) is 182 Å². The molecule has 40 heavy (non-hydrogen) atoms. The Hall–Kier alpha value is -0.800. The van der Waals surface area contributed by atoms with E-state index in [1.54, 1.807) is 62.7 Å². The summed E-state index contributed by atoms with van der Waals surface area (Å²) in [5.41, 5.74) is 0. The van der Waals surface area contributed by atoms with E-state index in [1.165, 1.54) is 133 Å². The minimum atomic E-state index is -0.697. The maximum atomic E-state index is 8.14. The van der Waals surface area contributed by atoms with Crippen LogP contribution in [0.3, 0.4) is 0 Å². The van der Waals surface area contributed by atoms with Gasteiger partial charge in [-0.05, 0) is 63.5 Å². The number of hydrogen-bond acceptors (Lipinski definition) is 1. The van der Waals surface area contributed by atoms with E-state index in [-0.39, 0.29) is 0 Å². The molecule has 0 fully saturated rings. The number of rotatable bonds is 28. The molecule has 3 heteroatoms. The Morgan fingerprint density at radius 2 is 0.675 bits per heavy atom. The highest BCUT2D eigenvalue weighted by molar-refractivity contribution is 7.75. The molecule has 2 nitrogen and oxygen atoms in total. The lowest BCUT2D eigenvalue weighted by Gasteiger charge is -2.28. The van der Waals surface area contributed by atoms with Crippen LogP contribution in [0.25, 0.3) is 0 Å². The van der Waals surface area contributed by atoms with E-state index < -0.39 is 7.26 Å². The van der Waals surface area contributed by atoms with E-state index >= 15 is 0 Å². The molecule has 0 atom stereocenters. The largest absolute Gasteiger partial charge is 0.262 e. The zero-order chi connectivity index (χ0) is 29.4. The maximum Gasteiger partial charge on any atom is 0.188 e. The van der Waals surface area contributed by atoms with E-state index in [9.17, 15) is 0 Å². The highest BCUT2D eigenvalue weighted by atomic mass is 31.2. The van der Waals surface area contributed by atoms with Crippen molar-refractivity contribution in [3.8, 4) is 6.19 Å². The molecule has 1 heterocycles. The van der Waals surface area contributed by atoms with Crippen LogP contribution in [0, 0.1) is 11.5 Å². The smallest absolute Gasteiger partial charge is 0.188 e. The fourth-order valence-electron chi connectivity index (χ4n) is 5.98. The van der Waals surface area contributed by atoms with Gasteiger partial charge in [-0.2, -0.15) is 5.26 Å². The van der Waals surface area contributed by atoms with E-state index in [0.717, 1.165) is 0 Å². The molecule has 234 valence electrons. The predicted octanol–water partition coefficient (Wildman–Crippen LogP) is 13.3. The molecule has 1 rings (SSSR count). The normalized spacial score (nSPS) is 11.3. The Bertz CT molecular complexity index is 602. The van der Waals surface area contributed by atoms with Crippen molar-refractivity contribution in [3.05, 3.63) is 24.5 Å². The van der Waals surface area contributed by atoms with Crippen LogP contribution in [-0.4, -0.2) is 29.2 Å². The van der Waals surface area contributed by atoms with Crippen molar-refractivity contribution < 1.29 is 0 Å². The first kappa shape index (κ1) is 39.2. The molecule has 0 aromatic carbocycles. The van der Waals surface area contributed by atoms with Crippen LogP contribution in [0.4, 0.5) is 0 Å². The molecule has 1 aromatic rings. The molecular weight excluding hydrogens is 503 g/mol. The monoisotopic (exact) mass is 576 g/mol. The molecule has 0 N–H and O–H groups in total. The Morgan fingerprint density at radius 1 is 0.425 bits per heavy atom. The van der Waals surface area contributed by atoms with Crippen molar-refractivity contribution in [3.63, 3.8) is 0 Å². The third-order valence-corrected chi connectivity index (χ3v) is 13.7. The van der Waals surface area contributed by atoms with E-state index in [0.29, 0.717) is 0 Å². The summed E-state index contributed by atoms with van der Waals surface area (Å²) in [4.78, 5) is 0. The zero-order valence-corrected chi connectivity index (χ0v) is 28.8. The SMILES string of the molecule is CCCCCCCCCCCCCC[P+](CCCCCC)(CCCCCC)CCCCCC.N#Cn1cccc1. The lowest BCUT2D eigenvalue weighted by molar-refractivity contribution is 0.548. The van der Waals surface area contributed by atoms with Crippen LogP contribution < -0.4 is 0 Å². The van der Waals surface area contributed by atoms with Gasteiger partial charge in [-0.25, -0.2) is 0 Å². The van der Waals surface area contributed by atoms with Crippen molar-refractivity contribution in [2.75, 3.05) is 24.6 Å². The summed E-state index contributed by atoms with van der Waals surface area (Å²) < 4.78 is 1.43. The second kappa shape index (κ2) is 31.1. The highest BCUT2D eigenvalue weighted by Crippen LogP contribution is 2.61. The van der Waals surface area contributed by atoms with Crippen molar-refractivity contribution >= 4 is 7.26 Å². The topological polar surface area (TPSA) is 28.7 Å². The quantitative estimate of drug-likeness (QED) is 0.0721. The summed E-state index contributed by atoms with van der Waals surface area (Å²) in [6, 6.07) is 3.62. The average molecular weight is 576 g/mol. The molecule has 0 bridgehead atoms. The van der Waals surface area contributed by atoms with Gasteiger partial charge in [0.1, 0.15) is 0 Å². The molecule has 0 spiro atoms. The Balaban J connectivity index is 0.00000187. The molecule has 0 aliphatic rings. The second-order valence-electron chi connectivity index (χ2n) is 12.5. The van der Waals surface area contributed by atoms with E-state index in [1.807, 2.05) is 18.3 Å². The van der Waals surface area contributed by atoms with Gasteiger partial charge >= 0.3 is 0 Å². The van der Waals surface area contributed by atoms with Crippen molar-refractivity contribution in [1.29, 1.82) is 5.26 Å². The first-order valence-corrected chi connectivity index (χ1v) is 20.6. The summed E-state index contributed by atoms with van der Waals surface area (Å²) in [7, 11) is -0.697. The fraction of sp³-hybridized carbons (Fsp3) is 0.865. The molecule has 0 saturated carbocycles. The third-order valence-electron chi connectivity index (χ3n) is 8.66. The average Bonchev–Trinajstić information content (AvgIpc) is 3.51. The Labute approximate surface area is 253 Å². The summed E-state index contributed by atoms with van der Waals surface area (Å²) in [5, 5.41) is 8.14. The Morgan fingerprint density at radius 3 is 0.925 bits per heavy atom. The molecule has 0 radical (unpaired) electrons. The molecule has 1 aromatic heterocycles. The molecule has 0 aliphatic carbocycles. The second-order valence-corrected chi connectivity index (χ2v) is 17.0. The fourth-order valence-corrected chi connectivity index (χ4v) is 10.9. The lowest BCUT2D eigenvalue weighted by atomic mass is 10.1. The number of unbranched alkanes of at least 4 members (excludes halogenated alkanes) is 20. The van der Waals surface area contributed by atoms with Gasteiger partial charge in [0.15, 0.2) is 6.19 Å². The number of aromatic nitrogens is 1. The minimum Gasteiger partial charge on any atom is -0.262 e.